The second-order valence-electron chi connectivity index (χ2n) is 4.37. The second-order valence-corrected chi connectivity index (χ2v) is 6.08. The maximum atomic E-state index is 12.1. The van der Waals surface area contributed by atoms with Gasteiger partial charge in [-0.3, -0.25) is 9.89 Å². The molecule has 1 aromatic rings. The Labute approximate surface area is 111 Å². The summed E-state index contributed by atoms with van der Waals surface area (Å²) in [6.07, 6.45) is 3.27. The van der Waals surface area contributed by atoms with Crippen LogP contribution in [-0.4, -0.2) is 46.6 Å². The molecule has 1 saturated heterocycles. The predicted molar refractivity (Wildman–Crippen MR) is 66.3 cm³/mol. The summed E-state index contributed by atoms with van der Waals surface area (Å²) < 4.78 is 27.6. The van der Waals surface area contributed by atoms with Crippen LogP contribution < -0.4 is 4.72 Å². The van der Waals surface area contributed by atoms with E-state index in [4.69, 9.17) is 5.11 Å². The third kappa shape index (κ3) is 3.31. The summed E-state index contributed by atoms with van der Waals surface area (Å²) in [6.45, 7) is 0.292. The summed E-state index contributed by atoms with van der Waals surface area (Å²) >= 11 is 0. The van der Waals surface area contributed by atoms with Gasteiger partial charge >= 0.3 is 5.97 Å². The smallest absolute Gasteiger partial charge is 0.322 e. The van der Waals surface area contributed by atoms with Crippen molar-refractivity contribution in [3.8, 4) is 0 Å². The fraction of sp³-hybridized carbons (Fsp3) is 0.600. The van der Waals surface area contributed by atoms with Crippen LogP contribution in [0.3, 0.4) is 0 Å². The van der Waals surface area contributed by atoms with E-state index in [9.17, 15) is 13.2 Å². The number of hydrogen-bond acceptors (Lipinski definition) is 4. The number of aromatic amines is 1. The van der Waals surface area contributed by atoms with E-state index >= 15 is 0 Å². The van der Waals surface area contributed by atoms with Crippen LogP contribution in [0, 0.1) is 0 Å². The molecule has 0 bridgehead atoms. The number of carboxylic acids is 1. The van der Waals surface area contributed by atoms with Crippen LogP contribution in [0.15, 0.2) is 12.3 Å². The largest absolute Gasteiger partial charge is 0.480 e. The Hall–Kier alpha value is -1.45. The lowest BCUT2D eigenvalue weighted by Gasteiger charge is -2.31. The van der Waals surface area contributed by atoms with E-state index in [2.05, 4.69) is 14.9 Å². The van der Waals surface area contributed by atoms with Gasteiger partial charge in [0.25, 0.3) is 10.2 Å². The van der Waals surface area contributed by atoms with Gasteiger partial charge in [0.05, 0.1) is 12.2 Å². The maximum absolute atomic E-state index is 12.1. The lowest BCUT2D eigenvalue weighted by molar-refractivity contribution is -0.142. The Morgan fingerprint density at radius 3 is 3.00 bits per heavy atom. The molecule has 1 atom stereocenters. The Morgan fingerprint density at radius 1 is 1.58 bits per heavy atom. The van der Waals surface area contributed by atoms with E-state index in [1.807, 2.05) is 0 Å². The molecular formula is C10H16N4O4S. The summed E-state index contributed by atoms with van der Waals surface area (Å²) in [4.78, 5) is 11.1. The van der Waals surface area contributed by atoms with Gasteiger partial charge in [0, 0.05) is 12.7 Å². The molecule has 0 aromatic carbocycles. The van der Waals surface area contributed by atoms with Crippen LogP contribution in [-0.2, 0) is 21.5 Å². The molecule has 2 rings (SSSR count). The van der Waals surface area contributed by atoms with Crippen molar-refractivity contribution in [2.75, 3.05) is 6.54 Å². The van der Waals surface area contributed by atoms with Crippen molar-refractivity contribution < 1.29 is 18.3 Å². The first-order chi connectivity index (χ1) is 9.00. The van der Waals surface area contributed by atoms with Crippen LogP contribution in [0.25, 0.3) is 0 Å². The summed E-state index contributed by atoms with van der Waals surface area (Å²) in [5.41, 5.74) is 0.618. The normalized spacial score (nSPS) is 21.4. The minimum Gasteiger partial charge on any atom is -0.480 e. The average molecular weight is 288 g/mol. The summed E-state index contributed by atoms with van der Waals surface area (Å²) in [5, 5.41) is 15.4. The molecule has 3 N–H and O–H groups in total. The molecule has 0 spiro atoms. The molecule has 1 aliphatic heterocycles. The molecule has 0 saturated carbocycles. The number of aliphatic carboxylic acids is 1. The zero-order chi connectivity index (χ0) is 13.9. The number of rotatable bonds is 5. The fourth-order valence-corrected chi connectivity index (χ4v) is 3.48. The molecule has 1 aliphatic rings. The third-order valence-electron chi connectivity index (χ3n) is 3.05. The van der Waals surface area contributed by atoms with Gasteiger partial charge in [-0.25, -0.2) is 0 Å². The monoisotopic (exact) mass is 288 g/mol. The van der Waals surface area contributed by atoms with Crippen LogP contribution in [0.4, 0.5) is 0 Å². The fourth-order valence-electron chi connectivity index (χ4n) is 2.07. The number of piperidine rings is 1. The average Bonchev–Trinajstić information content (AvgIpc) is 2.89. The molecule has 0 aliphatic carbocycles. The number of aromatic nitrogens is 2. The summed E-state index contributed by atoms with van der Waals surface area (Å²) in [6, 6.07) is 0.668. The van der Waals surface area contributed by atoms with Gasteiger partial charge in [-0.2, -0.15) is 22.5 Å². The van der Waals surface area contributed by atoms with Crippen LogP contribution >= 0.6 is 0 Å². The lowest BCUT2D eigenvalue weighted by Crippen LogP contribution is -2.51. The quantitative estimate of drug-likeness (QED) is 0.687. The number of nitrogens with zero attached hydrogens (tertiary/aromatic N) is 2. The Morgan fingerprint density at radius 2 is 2.37 bits per heavy atom. The minimum absolute atomic E-state index is 0.0607. The Balaban J connectivity index is 2.06. The number of nitrogens with one attached hydrogen (secondary N) is 2. The molecule has 0 amide bonds. The van der Waals surface area contributed by atoms with Gasteiger partial charge in [0.2, 0.25) is 0 Å². The third-order valence-corrected chi connectivity index (χ3v) is 4.61. The van der Waals surface area contributed by atoms with E-state index < -0.39 is 22.2 Å². The first kappa shape index (κ1) is 14.0. The minimum atomic E-state index is -3.80. The molecule has 8 nitrogen and oxygen atoms in total. The first-order valence-corrected chi connectivity index (χ1v) is 7.42. The number of carboxylic acid groups (broad SMARTS) is 1. The Bertz CT molecular complexity index is 528. The molecule has 1 fully saturated rings. The highest BCUT2D eigenvalue weighted by Crippen LogP contribution is 2.20. The molecule has 19 heavy (non-hydrogen) atoms. The van der Waals surface area contributed by atoms with Gasteiger partial charge in [-0.05, 0) is 25.3 Å². The molecule has 1 unspecified atom stereocenters. The van der Waals surface area contributed by atoms with E-state index in [-0.39, 0.29) is 13.1 Å². The number of carbonyl (C=O) groups is 1. The highest BCUT2D eigenvalue weighted by atomic mass is 32.2. The highest BCUT2D eigenvalue weighted by molar-refractivity contribution is 7.87. The summed E-state index contributed by atoms with van der Waals surface area (Å²) in [5.74, 6) is -1.10. The van der Waals surface area contributed by atoms with Crippen molar-refractivity contribution >= 4 is 16.2 Å². The van der Waals surface area contributed by atoms with Gasteiger partial charge in [0.1, 0.15) is 6.04 Å². The van der Waals surface area contributed by atoms with Crippen LogP contribution in [0.2, 0.25) is 0 Å². The zero-order valence-electron chi connectivity index (χ0n) is 10.2. The van der Waals surface area contributed by atoms with Crippen LogP contribution in [0.1, 0.15) is 25.0 Å². The number of H-pyrrole nitrogens is 1. The van der Waals surface area contributed by atoms with E-state index in [0.29, 0.717) is 18.5 Å². The van der Waals surface area contributed by atoms with Crippen molar-refractivity contribution in [2.24, 2.45) is 0 Å². The van der Waals surface area contributed by atoms with Crippen molar-refractivity contribution in [1.29, 1.82) is 0 Å². The van der Waals surface area contributed by atoms with Crippen molar-refractivity contribution in [3.63, 3.8) is 0 Å². The van der Waals surface area contributed by atoms with Gasteiger partial charge in [0.15, 0.2) is 0 Å². The molecule has 2 heterocycles. The van der Waals surface area contributed by atoms with Gasteiger partial charge < -0.3 is 5.11 Å². The van der Waals surface area contributed by atoms with E-state index in [1.54, 1.807) is 6.07 Å². The second kappa shape index (κ2) is 5.68. The standard InChI is InChI=1S/C10H16N4O4S/c15-10(16)9-3-1-2-6-14(9)19(17,18)12-7-8-4-5-11-13-8/h4-5,9,12H,1-3,6-7H2,(H,11,13)(H,15,16). The van der Waals surface area contributed by atoms with E-state index in [0.717, 1.165) is 10.7 Å². The Kier molecular flexibility index (Phi) is 4.17. The van der Waals surface area contributed by atoms with Crippen molar-refractivity contribution in [1.82, 2.24) is 19.2 Å². The number of hydrogen-bond donors (Lipinski definition) is 3. The van der Waals surface area contributed by atoms with Crippen molar-refractivity contribution in [3.05, 3.63) is 18.0 Å². The van der Waals surface area contributed by atoms with Gasteiger partial charge in [-0.1, -0.05) is 0 Å². The predicted octanol–water partition coefficient (Wildman–Crippen LogP) is -0.317. The SMILES string of the molecule is O=C(O)C1CCCCN1S(=O)(=O)NCc1ccn[nH]1. The van der Waals surface area contributed by atoms with Crippen LogP contribution in [0.5, 0.6) is 0 Å². The zero-order valence-corrected chi connectivity index (χ0v) is 11.1. The first-order valence-electron chi connectivity index (χ1n) is 5.98. The topological polar surface area (TPSA) is 115 Å². The molecule has 0 radical (unpaired) electrons. The molecular weight excluding hydrogens is 272 g/mol. The maximum Gasteiger partial charge on any atom is 0.322 e. The molecule has 106 valence electrons. The summed E-state index contributed by atoms with van der Waals surface area (Å²) in [7, 11) is -3.80. The van der Waals surface area contributed by atoms with Gasteiger partial charge in [-0.15, -0.1) is 0 Å². The molecule has 1 aromatic heterocycles. The lowest BCUT2D eigenvalue weighted by atomic mass is 10.1. The van der Waals surface area contributed by atoms with Crippen molar-refractivity contribution in [2.45, 2.75) is 31.8 Å². The highest BCUT2D eigenvalue weighted by Gasteiger charge is 2.36. The molecule has 9 heteroatoms. The van der Waals surface area contributed by atoms with E-state index in [1.165, 1.54) is 6.20 Å².